The van der Waals surface area contributed by atoms with Crippen LogP contribution in [0.2, 0.25) is 0 Å². The van der Waals surface area contributed by atoms with Gasteiger partial charge in [-0.2, -0.15) is 0 Å². The van der Waals surface area contributed by atoms with Gasteiger partial charge in [0.25, 0.3) is 0 Å². The average Bonchev–Trinajstić information content (AvgIpc) is 2.92. The largest absolute Gasteiger partial charge is 1.00 e. The molecule has 2 aromatic heterocycles. The van der Waals surface area contributed by atoms with E-state index in [1.54, 1.807) is 12.7 Å². The highest BCUT2D eigenvalue weighted by Gasteiger charge is 1.89. The Morgan fingerprint density at radius 1 is 0.833 bits per heavy atom. The van der Waals surface area contributed by atoms with E-state index in [4.69, 9.17) is 0 Å². The molecule has 0 radical (unpaired) electrons. The van der Waals surface area contributed by atoms with Crippen molar-refractivity contribution in [3.05, 3.63) is 36.4 Å². The van der Waals surface area contributed by atoms with E-state index in [1.807, 2.05) is 12.4 Å². The third kappa shape index (κ3) is 8.08. The summed E-state index contributed by atoms with van der Waals surface area (Å²) in [6, 6.07) is 0. The van der Waals surface area contributed by atoms with Gasteiger partial charge in [0.2, 0.25) is 0 Å². The van der Waals surface area contributed by atoms with Gasteiger partial charge in [-0.3, -0.25) is 0 Å². The van der Waals surface area contributed by atoms with Gasteiger partial charge in [0.05, 0.1) is 25.7 Å². The predicted octanol–water partition coefficient (Wildman–Crippen LogP) is -7.60. The van der Waals surface area contributed by atoms with E-state index in [-0.39, 0.29) is 24.8 Å². The zero-order valence-electron chi connectivity index (χ0n) is 10.2. The molecule has 0 bridgehead atoms. The summed E-state index contributed by atoms with van der Waals surface area (Å²) in [4.78, 5) is 13.7. The van der Waals surface area contributed by atoms with Crippen LogP contribution in [0.1, 0.15) is 11.4 Å². The van der Waals surface area contributed by atoms with Crippen LogP contribution in [0, 0.1) is 0 Å². The first-order valence-electron chi connectivity index (χ1n) is 5.39. The minimum atomic E-state index is 0. The third-order valence-electron chi connectivity index (χ3n) is 2.00. The second-order valence-corrected chi connectivity index (χ2v) is 3.36. The fourth-order valence-electron chi connectivity index (χ4n) is 1.22. The number of halogens is 2. The van der Waals surface area contributed by atoms with Crippen LogP contribution in [0.15, 0.2) is 25.0 Å². The fourth-order valence-corrected chi connectivity index (χ4v) is 1.22. The summed E-state index contributed by atoms with van der Waals surface area (Å²) in [6.07, 6.45) is 9.02. The van der Waals surface area contributed by atoms with Crippen LogP contribution in [0.3, 0.4) is 0 Å². The molecule has 0 aliphatic heterocycles. The average molecular weight is 295 g/mol. The van der Waals surface area contributed by atoms with Gasteiger partial charge in [-0.05, 0) is 0 Å². The number of aromatic nitrogens is 4. The molecular formula is C10H20Cl2N6. The summed E-state index contributed by atoms with van der Waals surface area (Å²) in [6.45, 7) is 1.87. The summed E-state index contributed by atoms with van der Waals surface area (Å²) in [7, 11) is 0. The standard InChI is InChI=1S/2C5H9N3.2ClH/c2*6-2-1-5-3-7-4-8-5;;/h2*3-4H,1-2,6H2,(H,7,8);2*1H. The van der Waals surface area contributed by atoms with Crippen molar-refractivity contribution in [1.82, 2.24) is 19.9 Å². The van der Waals surface area contributed by atoms with E-state index in [9.17, 15) is 0 Å². The normalized spacial score (nSPS) is 8.56. The molecule has 0 aliphatic rings. The van der Waals surface area contributed by atoms with Crippen LogP contribution < -0.4 is 36.3 Å². The number of aromatic amines is 2. The zero-order chi connectivity index (χ0) is 11.6. The predicted molar refractivity (Wildman–Crippen MR) is 60.1 cm³/mol. The molecule has 6 nitrogen and oxygen atoms in total. The molecule has 18 heavy (non-hydrogen) atoms. The van der Waals surface area contributed by atoms with Crippen molar-refractivity contribution in [2.24, 2.45) is 0 Å². The molecule has 104 valence electrons. The molecule has 8 heteroatoms. The van der Waals surface area contributed by atoms with Gasteiger partial charge in [-0.1, -0.05) is 0 Å². The Bertz CT molecular complexity index is 312. The van der Waals surface area contributed by atoms with Crippen molar-refractivity contribution in [1.29, 1.82) is 0 Å². The zero-order valence-corrected chi connectivity index (χ0v) is 11.7. The van der Waals surface area contributed by atoms with E-state index >= 15 is 0 Å². The maximum Gasteiger partial charge on any atom is 0.0921 e. The lowest BCUT2D eigenvalue weighted by Gasteiger charge is -1.84. The van der Waals surface area contributed by atoms with Gasteiger partial charge in [-0.25, -0.2) is 9.97 Å². The van der Waals surface area contributed by atoms with Gasteiger partial charge in [-0.15, -0.1) is 0 Å². The number of H-pyrrole nitrogens is 2. The minimum Gasteiger partial charge on any atom is -1.00 e. The van der Waals surface area contributed by atoms with Crippen LogP contribution >= 0.6 is 0 Å². The Hall–Kier alpha value is -1.08. The quantitative estimate of drug-likeness (QED) is 0.449. The molecule has 0 saturated carbocycles. The van der Waals surface area contributed by atoms with Gasteiger partial charge in [0, 0.05) is 36.6 Å². The maximum atomic E-state index is 3.86. The highest BCUT2D eigenvalue weighted by atomic mass is 35.5. The topological polar surface area (TPSA) is 113 Å². The molecule has 2 rings (SSSR count). The van der Waals surface area contributed by atoms with Gasteiger partial charge in [0.15, 0.2) is 0 Å². The molecule has 0 saturated heterocycles. The number of quaternary nitrogens is 2. The smallest absolute Gasteiger partial charge is 0.0921 e. The second kappa shape index (κ2) is 12.4. The molecule has 0 aromatic carbocycles. The summed E-state index contributed by atoms with van der Waals surface area (Å²) in [5.41, 5.74) is 9.76. The Kier molecular flexibility index (Phi) is 13.2. The molecule has 2 heterocycles. The fraction of sp³-hybridized carbons (Fsp3) is 0.400. The Balaban J connectivity index is 0. The van der Waals surface area contributed by atoms with Crippen LogP contribution in [-0.2, 0) is 12.8 Å². The van der Waals surface area contributed by atoms with Crippen molar-refractivity contribution in [2.45, 2.75) is 12.8 Å². The molecule has 2 aromatic rings. The molecule has 0 fully saturated rings. The number of rotatable bonds is 4. The van der Waals surface area contributed by atoms with E-state index in [1.165, 1.54) is 11.4 Å². The maximum absolute atomic E-state index is 3.86. The minimum absolute atomic E-state index is 0. The summed E-state index contributed by atoms with van der Waals surface area (Å²) in [5.74, 6) is 0. The van der Waals surface area contributed by atoms with E-state index in [2.05, 4.69) is 31.4 Å². The van der Waals surface area contributed by atoms with E-state index in [0.29, 0.717) is 0 Å². The number of nitrogens with zero attached hydrogens (tertiary/aromatic N) is 2. The van der Waals surface area contributed by atoms with Crippen molar-refractivity contribution >= 4 is 0 Å². The molecule has 0 atom stereocenters. The van der Waals surface area contributed by atoms with Crippen molar-refractivity contribution in [3.8, 4) is 0 Å². The second-order valence-electron chi connectivity index (χ2n) is 3.36. The molecular weight excluding hydrogens is 275 g/mol. The number of imidazole rings is 2. The Morgan fingerprint density at radius 3 is 1.44 bits per heavy atom. The van der Waals surface area contributed by atoms with Gasteiger partial charge < -0.3 is 46.2 Å². The van der Waals surface area contributed by atoms with E-state index < -0.39 is 0 Å². The first-order valence-corrected chi connectivity index (χ1v) is 5.39. The molecule has 0 unspecified atom stereocenters. The summed E-state index contributed by atoms with van der Waals surface area (Å²) in [5, 5.41) is 0. The summed E-state index contributed by atoms with van der Waals surface area (Å²) < 4.78 is 0. The lowest BCUT2D eigenvalue weighted by molar-refractivity contribution is -0.367. The number of hydrogen-bond donors (Lipinski definition) is 4. The lowest BCUT2D eigenvalue weighted by Crippen LogP contribution is -3.00. The van der Waals surface area contributed by atoms with Crippen LogP contribution in [0.25, 0.3) is 0 Å². The lowest BCUT2D eigenvalue weighted by atomic mass is 10.3. The van der Waals surface area contributed by atoms with Crippen LogP contribution in [0.5, 0.6) is 0 Å². The first-order chi connectivity index (χ1) is 7.86. The van der Waals surface area contributed by atoms with Crippen LogP contribution in [-0.4, -0.2) is 33.0 Å². The molecule has 0 spiro atoms. The van der Waals surface area contributed by atoms with E-state index in [0.717, 1.165) is 25.9 Å². The monoisotopic (exact) mass is 294 g/mol. The van der Waals surface area contributed by atoms with Crippen molar-refractivity contribution in [3.63, 3.8) is 0 Å². The highest BCUT2D eigenvalue weighted by Crippen LogP contribution is 1.88. The van der Waals surface area contributed by atoms with Crippen molar-refractivity contribution in [2.75, 3.05) is 13.1 Å². The number of nitrogens with one attached hydrogen (secondary N) is 2. The van der Waals surface area contributed by atoms with Crippen LogP contribution in [0.4, 0.5) is 0 Å². The van der Waals surface area contributed by atoms with Gasteiger partial charge in [0.1, 0.15) is 0 Å². The molecule has 0 amide bonds. The highest BCUT2D eigenvalue weighted by molar-refractivity contribution is 4.93. The molecule has 0 aliphatic carbocycles. The first kappa shape index (κ1) is 19.3. The molecule has 8 N–H and O–H groups in total. The Labute approximate surface area is 119 Å². The summed E-state index contributed by atoms with van der Waals surface area (Å²) >= 11 is 0. The SMILES string of the molecule is [Cl-].[Cl-].[NH3+]CCc1cnc[nH]1.[NH3+]CCc1cnc[nH]1. The third-order valence-corrected chi connectivity index (χ3v) is 2.00. The Morgan fingerprint density at radius 2 is 1.22 bits per heavy atom. The van der Waals surface area contributed by atoms with Crippen molar-refractivity contribution < 1.29 is 36.3 Å². The number of hydrogen-bond acceptors (Lipinski definition) is 2. The van der Waals surface area contributed by atoms with Gasteiger partial charge >= 0.3 is 0 Å².